The van der Waals surface area contributed by atoms with Crippen LogP contribution in [-0.4, -0.2) is 28.7 Å². The maximum atomic E-state index is 12.4. The number of benzene rings is 1. The van der Waals surface area contributed by atoms with Crippen LogP contribution in [0.25, 0.3) is 0 Å². The minimum Gasteiger partial charge on any atom is -0.330 e. The third-order valence-electron chi connectivity index (χ3n) is 3.82. The van der Waals surface area contributed by atoms with Gasteiger partial charge >= 0.3 is 0 Å². The zero-order chi connectivity index (χ0) is 14.0. The van der Waals surface area contributed by atoms with Crippen LogP contribution < -0.4 is 0 Å². The topological polar surface area (TPSA) is 37.4 Å². The van der Waals surface area contributed by atoms with Crippen molar-refractivity contribution in [3.05, 3.63) is 35.4 Å². The number of nitrogens with zero attached hydrogens (tertiary/aromatic N) is 1. The Morgan fingerprint density at radius 2 is 2.11 bits per heavy atom. The summed E-state index contributed by atoms with van der Waals surface area (Å²) in [5.74, 6) is 0.209. The first kappa shape index (κ1) is 13.8. The van der Waals surface area contributed by atoms with Crippen LogP contribution in [0, 0.1) is 6.92 Å². The van der Waals surface area contributed by atoms with Gasteiger partial charge in [0.15, 0.2) is 5.78 Å². The second-order valence-electron chi connectivity index (χ2n) is 6.00. The fourth-order valence-electron chi connectivity index (χ4n) is 2.57. The molecule has 1 saturated heterocycles. The van der Waals surface area contributed by atoms with Crippen LogP contribution in [0.15, 0.2) is 24.3 Å². The summed E-state index contributed by atoms with van der Waals surface area (Å²) in [5, 5.41) is 0. The molecule has 0 atom stereocenters. The van der Waals surface area contributed by atoms with E-state index in [9.17, 15) is 9.59 Å². The van der Waals surface area contributed by atoms with Gasteiger partial charge in [-0.15, -0.1) is 0 Å². The third kappa shape index (κ3) is 3.22. The molecule has 0 N–H and O–H groups in total. The molecule has 0 unspecified atom stereocenters. The predicted molar refractivity (Wildman–Crippen MR) is 74.9 cm³/mol. The van der Waals surface area contributed by atoms with E-state index in [1.165, 1.54) is 0 Å². The van der Waals surface area contributed by atoms with Crippen molar-refractivity contribution < 1.29 is 9.59 Å². The molecule has 1 aromatic rings. The maximum absolute atomic E-state index is 12.4. The highest BCUT2D eigenvalue weighted by atomic mass is 16.2. The van der Waals surface area contributed by atoms with Crippen molar-refractivity contribution in [2.24, 2.45) is 0 Å². The second kappa shape index (κ2) is 5.16. The van der Waals surface area contributed by atoms with E-state index >= 15 is 0 Å². The summed E-state index contributed by atoms with van der Waals surface area (Å²) in [5.41, 5.74) is 1.95. The summed E-state index contributed by atoms with van der Waals surface area (Å²) in [4.78, 5) is 25.7. The Morgan fingerprint density at radius 3 is 2.79 bits per heavy atom. The molecule has 1 aromatic carbocycles. The normalized spacial score (nSPS) is 18.5. The zero-order valence-corrected chi connectivity index (χ0v) is 11.9. The maximum Gasteiger partial charge on any atom is 0.227 e. The lowest BCUT2D eigenvalue weighted by Gasteiger charge is -2.41. The van der Waals surface area contributed by atoms with Gasteiger partial charge in [-0.1, -0.05) is 29.8 Å². The highest BCUT2D eigenvalue weighted by Gasteiger charge is 2.36. The van der Waals surface area contributed by atoms with Gasteiger partial charge in [-0.25, -0.2) is 0 Å². The quantitative estimate of drug-likeness (QED) is 0.818. The summed E-state index contributed by atoms with van der Waals surface area (Å²) in [6.45, 7) is 6.35. The zero-order valence-electron chi connectivity index (χ0n) is 11.9. The number of hydrogen-bond donors (Lipinski definition) is 0. The minimum atomic E-state index is -0.213. The Balaban J connectivity index is 2.12. The molecule has 1 aliphatic heterocycles. The van der Waals surface area contributed by atoms with Crippen molar-refractivity contribution >= 4 is 11.7 Å². The van der Waals surface area contributed by atoms with Gasteiger partial charge in [0.2, 0.25) is 5.91 Å². The first-order valence-corrected chi connectivity index (χ1v) is 6.76. The molecular weight excluding hydrogens is 238 g/mol. The number of carbonyl (C=O) groups is 2. The summed E-state index contributed by atoms with van der Waals surface area (Å²) in [6.07, 6.45) is 1.71. The molecule has 3 nitrogen and oxygen atoms in total. The molecule has 0 spiro atoms. The average Bonchev–Trinajstić information content (AvgIpc) is 2.32. The molecule has 19 heavy (non-hydrogen) atoms. The van der Waals surface area contributed by atoms with Gasteiger partial charge in [0.1, 0.15) is 0 Å². The van der Waals surface area contributed by atoms with E-state index in [4.69, 9.17) is 0 Å². The van der Waals surface area contributed by atoms with Gasteiger partial charge in [0.25, 0.3) is 0 Å². The second-order valence-corrected chi connectivity index (χ2v) is 6.00. The summed E-state index contributed by atoms with van der Waals surface area (Å²) >= 11 is 0. The van der Waals surface area contributed by atoms with Crippen molar-refractivity contribution in [1.29, 1.82) is 0 Å². The highest BCUT2D eigenvalue weighted by Crippen LogP contribution is 2.26. The minimum absolute atomic E-state index is 0.0450. The monoisotopic (exact) mass is 259 g/mol. The standard InChI is InChI=1S/C16H21NO2/c1-12-5-4-6-13(9-12)10-15(19)17-11-14(18)7-8-16(17,2)3/h4-6,9H,7-8,10-11H2,1-3H3. The largest absolute Gasteiger partial charge is 0.330 e. The van der Waals surface area contributed by atoms with Crippen molar-refractivity contribution in [2.45, 2.75) is 45.6 Å². The van der Waals surface area contributed by atoms with Gasteiger partial charge in [-0.3, -0.25) is 9.59 Å². The third-order valence-corrected chi connectivity index (χ3v) is 3.82. The van der Waals surface area contributed by atoms with Crippen LogP contribution in [0.5, 0.6) is 0 Å². The highest BCUT2D eigenvalue weighted by molar-refractivity contribution is 5.88. The van der Waals surface area contributed by atoms with E-state index in [0.29, 0.717) is 12.8 Å². The SMILES string of the molecule is Cc1cccc(CC(=O)N2CC(=O)CCC2(C)C)c1. The van der Waals surface area contributed by atoms with Crippen LogP contribution in [0.4, 0.5) is 0 Å². The van der Waals surface area contributed by atoms with Gasteiger partial charge in [-0.05, 0) is 32.8 Å². The Morgan fingerprint density at radius 1 is 1.37 bits per heavy atom. The number of likely N-dealkylation sites (tertiary alicyclic amines) is 1. The lowest BCUT2D eigenvalue weighted by atomic mass is 9.89. The number of carbonyl (C=O) groups excluding carboxylic acids is 2. The van der Waals surface area contributed by atoms with E-state index in [2.05, 4.69) is 0 Å². The first-order chi connectivity index (χ1) is 8.88. The van der Waals surface area contributed by atoms with Gasteiger partial charge in [-0.2, -0.15) is 0 Å². The molecule has 2 rings (SSSR count). The molecular formula is C16H21NO2. The van der Waals surface area contributed by atoms with E-state index in [0.717, 1.165) is 17.5 Å². The van der Waals surface area contributed by atoms with Gasteiger partial charge in [0, 0.05) is 12.0 Å². The molecule has 3 heteroatoms. The number of amides is 1. The molecule has 0 bridgehead atoms. The van der Waals surface area contributed by atoms with E-state index in [1.807, 2.05) is 45.0 Å². The summed E-state index contributed by atoms with van der Waals surface area (Å²) < 4.78 is 0. The van der Waals surface area contributed by atoms with Gasteiger partial charge in [0.05, 0.1) is 13.0 Å². The number of Topliss-reactive ketones (excluding diaryl/α,β-unsaturated/α-hetero) is 1. The lowest BCUT2D eigenvalue weighted by molar-refractivity contribution is -0.144. The smallest absolute Gasteiger partial charge is 0.227 e. The molecule has 0 aliphatic carbocycles. The summed E-state index contributed by atoms with van der Waals surface area (Å²) in [6, 6.07) is 7.97. The van der Waals surface area contributed by atoms with Crippen molar-refractivity contribution in [1.82, 2.24) is 4.90 Å². The number of aryl methyl sites for hydroxylation is 1. The number of ketones is 1. The fraction of sp³-hybridized carbons (Fsp3) is 0.500. The molecule has 0 saturated carbocycles. The van der Waals surface area contributed by atoms with Crippen LogP contribution in [0.3, 0.4) is 0 Å². The van der Waals surface area contributed by atoms with Crippen LogP contribution >= 0.6 is 0 Å². The van der Waals surface area contributed by atoms with Gasteiger partial charge < -0.3 is 4.90 Å². The van der Waals surface area contributed by atoms with Crippen molar-refractivity contribution in [3.63, 3.8) is 0 Å². The van der Waals surface area contributed by atoms with E-state index in [-0.39, 0.29) is 23.8 Å². The number of piperidine rings is 1. The number of hydrogen-bond acceptors (Lipinski definition) is 2. The Bertz CT molecular complexity index is 505. The molecule has 1 aliphatic rings. The molecule has 102 valence electrons. The predicted octanol–water partition coefficient (Wildman–Crippen LogP) is 2.51. The molecule has 0 aromatic heterocycles. The van der Waals surface area contributed by atoms with E-state index in [1.54, 1.807) is 4.90 Å². The van der Waals surface area contributed by atoms with Crippen LogP contribution in [-0.2, 0) is 16.0 Å². The average molecular weight is 259 g/mol. The van der Waals surface area contributed by atoms with E-state index < -0.39 is 0 Å². The Hall–Kier alpha value is -1.64. The Kier molecular flexibility index (Phi) is 3.74. The molecule has 1 fully saturated rings. The first-order valence-electron chi connectivity index (χ1n) is 6.76. The van der Waals surface area contributed by atoms with Crippen molar-refractivity contribution in [2.75, 3.05) is 6.54 Å². The summed E-state index contributed by atoms with van der Waals surface area (Å²) in [7, 11) is 0. The molecule has 0 radical (unpaired) electrons. The van der Waals surface area contributed by atoms with Crippen LogP contribution in [0.1, 0.15) is 37.8 Å². The van der Waals surface area contributed by atoms with Crippen molar-refractivity contribution in [3.8, 4) is 0 Å². The fourth-order valence-corrected chi connectivity index (χ4v) is 2.57. The molecule has 1 amide bonds. The number of rotatable bonds is 2. The Labute approximate surface area is 114 Å². The van der Waals surface area contributed by atoms with Crippen LogP contribution in [0.2, 0.25) is 0 Å². The lowest BCUT2D eigenvalue weighted by Crippen LogP contribution is -2.54. The molecule has 1 heterocycles.